The van der Waals surface area contributed by atoms with Crippen molar-refractivity contribution in [3.05, 3.63) is 65.2 Å². The normalized spacial score (nSPS) is 14.3. The lowest BCUT2D eigenvalue weighted by molar-refractivity contribution is 0.101. The molecule has 24 heavy (non-hydrogen) atoms. The van der Waals surface area contributed by atoms with Crippen LogP contribution in [0.4, 0.5) is 5.69 Å². The number of anilines is 1. The van der Waals surface area contributed by atoms with Gasteiger partial charge in [-0.15, -0.1) is 0 Å². The number of ketones is 1. The van der Waals surface area contributed by atoms with Gasteiger partial charge in [0.25, 0.3) is 0 Å². The van der Waals surface area contributed by atoms with Gasteiger partial charge in [0.1, 0.15) is 0 Å². The number of hydrogen-bond donors (Lipinski definition) is 0. The zero-order valence-electron chi connectivity index (χ0n) is 13.7. The Morgan fingerprint density at radius 3 is 2.58 bits per heavy atom. The highest BCUT2D eigenvalue weighted by Gasteiger charge is 2.27. The van der Waals surface area contributed by atoms with Gasteiger partial charge in [-0.05, 0) is 55.5 Å². The Balaban J connectivity index is 1.83. The summed E-state index contributed by atoms with van der Waals surface area (Å²) in [4.78, 5) is 11.5. The molecule has 0 unspecified atom stereocenters. The van der Waals surface area contributed by atoms with Crippen molar-refractivity contribution in [1.82, 2.24) is 0 Å². The van der Waals surface area contributed by atoms with Gasteiger partial charge in [-0.3, -0.25) is 9.10 Å². The molecular weight excluding hydrogens is 322 g/mol. The van der Waals surface area contributed by atoms with Crippen molar-refractivity contribution in [3.63, 3.8) is 0 Å². The van der Waals surface area contributed by atoms with Crippen molar-refractivity contribution in [3.8, 4) is 0 Å². The molecule has 1 heterocycles. The highest BCUT2D eigenvalue weighted by Crippen LogP contribution is 2.30. The van der Waals surface area contributed by atoms with Crippen LogP contribution in [0, 0.1) is 0 Å². The predicted molar refractivity (Wildman–Crippen MR) is 96.0 cm³/mol. The number of Topliss-reactive ketones (excluding diaryl/α,β-unsaturated/α-hetero) is 1. The van der Waals surface area contributed by atoms with Crippen molar-refractivity contribution in [1.29, 1.82) is 0 Å². The Bertz CT molecular complexity index is 844. The molecule has 3 rings (SSSR count). The zero-order valence-corrected chi connectivity index (χ0v) is 14.6. The summed E-state index contributed by atoms with van der Waals surface area (Å²) < 4.78 is 27.1. The molecule has 0 amide bonds. The van der Waals surface area contributed by atoms with Crippen LogP contribution in [0.2, 0.25) is 0 Å². The number of fused-ring (bicyclic) bond motifs is 1. The minimum absolute atomic E-state index is 0.00172. The van der Waals surface area contributed by atoms with Crippen LogP contribution in [0.3, 0.4) is 0 Å². The molecule has 0 atom stereocenters. The first-order valence-electron chi connectivity index (χ1n) is 8.15. The minimum atomic E-state index is -3.38. The summed E-state index contributed by atoms with van der Waals surface area (Å²) in [7, 11) is -3.38. The van der Waals surface area contributed by atoms with E-state index in [-0.39, 0.29) is 11.5 Å². The molecule has 2 aromatic carbocycles. The average molecular weight is 343 g/mol. The lowest BCUT2D eigenvalue weighted by atomic mass is 9.99. The third kappa shape index (κ3) is 3.51. The quantitative estimate of drug-likeness (QED) is 0.783. The van der Waals surface area contributed by atoms with Crippen molar-refractivity contribution in [2.24, 2.45) is 0 Å². The van der Waals surface area contributed by atoms with E-state index in [4.69, 9.17) is 0 Å². The van der Waals surface area contributed by atoms with Crippen LogP contribution < -0.4 is 4.31 Å². The highest BCUT2D eigenvalue weighted by molar-refractivity contribution is 7.92. The molecule has 0 aromatic heterocycles. The SMILES string of the molecule is CC(=O)c1ccc2c(c1)CCCN2S(=O)(=O)CCc1ccccc1. The molecule has 4 nitrogen and oxygen atoms in total. The maximum Gasteiger partial charge on any atom is 0.235 e. The second-order valence-electron chi connectivity index (χ2n) is 6.13. The molecule has 0 N–H and O–H groups in total. The number of sulfonamides is 1. The van der Waals surface area contributed by atoms with Gasteiger partial charge < -0.3 is 0 Å². The van der Waals surface area contributed by atoms with E-state index in [1.165, 1.54) is 11.2 Å². The Hall–Kier alpha value is -2.14. The fourth-order valence-electron chi connectivity index (χ4n) is 3.07. The Morgan fingerprint density at radius 2 is 1.88 bits per heavy atom. The van der Waals surface area contributed by atoms with Gasteiger partial charge in [0.05, 0.1) is 11.4 Å². The van der Waals surface area contributed by atoms with E-state index in [0.717, 1.165) is 29.7 Å². The van der Waals surface area contributed by atoms with Crippen LogP contribution in [0.15, 0.2) is 48.5 Å². The van der Waals surface area contributed by atoms with Crippen LogP contribution in [0.1, 0.15) is 34.8 Å². The van der Waals surface area contributed by atoms with Gasteiger partial charge in [-0.1, -0.05) is 30.3 Å². The number of nitrogens with zero attached hydrogens (tertiary/aromatic N) is 1. The third-order valence-corrected chi connectivity index (χ3v) is 6.16. The number of aryl methyl sites for hydroxylation is 2. The molecule has 1 aliphatic rings. The first kappa shape index (κ1) is 16.7. The average Bonchev–Trinajstić information content (AvgIpc) is 2.60. The van der Waals surface area contributed by atoms with Crippen molar-refractivity contribution in [2.75, 3.05) is 16.6 Å². The predicted octanol–water partition coefficient (Wildman–Crippen LogP) is 3.21. The number of rotatable bonds is 5. The molecule has 126 valence electrons. The Labute approximate surface area is 143 Å². The molecule has 0 bridgehead atoms. The lowest BCUT2D eigenvalue weighted by Crippen LogP contribution is -2.37. The summed E-state index contributed by atoms with van der Waals surface area (Å²) in [5.41, 5.74) is 3.32. The van der Waals surface area contributed by atoms with E-state index in [0.29, 0.717) is 18.5 Å². The molecule has 0 radical (unpaired) electrons. The van der Waals surface area contributed by atoms with E-state index in [1.54, 1.807) is 12.1 Å². The fourth-order valence-corrected chi connectivity index (χ4v) is 4.67. The molecular formula is C19H21NO3S. The molecule has 0 spiro atoms. The monoisotopic (exact) mass is 343 g/mol. The number of carbonyl (C=O) groups excluding carboxylic acids is 1. The van der Waals surface area contributed by atoms with Crippen molar-refractivity contribution < 1.29 is 13.2 Å². The second kappa shape index (κ2) is 6.77. The number of carbonyl (C=O) groups is 1. The lowest BCUT2D eigenvalue weighted by Gasteiger charge is -2.30. The van der Waals surface area contributed by atoms with E-state index in [1.807, 2.05) is 36.4 Å². The van der Waals surface area contributed by atoms with Gasteiger partial charge in [0.2, 0.25) is 10.0 Å². The maximum atomic E-state index is 12.8. The third-order valence-electron chi connectivity index (χ3n) is 4.39. The van der Waals surface area contributed by atoms with Gasteiger partial charge >= 0.3 is 0 Å². The highest BCUT2D eigenvalue weighted by atomic mass is 32.2. The first-order valence-corrected chi connectivity index (χ1v) is 9.76. The summed E-state index contributed by atoms with van der Waals surface area (Å²) in [6, 6.07) is 15.0. The standard InChI is InChI=1S/C19H21NO3S/c1-15(21)17-9-10-19-18(14-17)8-5-12-20(19)24(22,23)13-11-16-6-3-2-4-7-16/h2-4,6-7,9-10,14H,5,8,11-13H2,1H3. The van der Waals surface area contributed by atoms with Crippen LogP contribution in [-0.2, 0) is 22.9 Å². The summed E-state index contributed by atoms with van der Waals surface area (Å²) >= 11 is 0. The molecule has 0 saturated carbocycles. The molecule has 0 saturated heterocycles. The first-order chi connectivity index (χ1) is 11.5. The minimum Gasteiger partial charge on any atom is -0.295 e. The van der Waals surface area contributed by atoms with E-state index >= 15 is 0 Å². The van der Waals surface area contributed by atoms with Crippen LogP contribution in [-0.4, -0.2) is 26.5 Å². The van der Waals surface area contributed by atoms with Gasteiger partial charge in [0.15, 0.2) is 5.78 Å². The van der Waals surface area contributed by atoms with Crippen molar-refractivity contribution in [2.45, 2.75) is 26.2 Å². The molecule has 2 aromatic rings. The van der Waals surface area contributed by atoms with Crippen LogP contribution in [0.25, 0.3) is 0 Å². The van der Waals surface area contributed by atoms with Crippen LogP contribution in [0.5, 0.6) is 0 Å². The van der Waals surface area contributed by atoms with Gasteiger partial charge in [-0.25, -0.2) is 8.42 Å². The molecule has 0 fully saturated rings. The van der Waals surface area contributed by atoms with E-state index in [2.05, 4.69) is 0 Å². The van der Waals surface area contributed by atoms with Crippen LogP contribution >= 0.6 is 0 Å². The van der Waals surface area contributed by atoms with Crippen molar-refractivity contribution >= 4 is 21.5 Å². The Morgan fingerprint density at radius 1 is 1.12 bits per heavy atom. The second-order valence-corrected chi connectivity index (χ2v) is 8.14. The molecule has 5 heteroatoms. The zero-order chi connectivity index (χ0) is 17.2. The molecule has 0 aliphatic carbocycles. The molecule has 1 aliphatic heterocycles. The summed E-state index contributed by atoms with van der Waals surface area (Å²) in [6.45, 7) is 2.03. The number of benzene rings is 2. The summed E-state index contributed by atoms with van der Waals surface area (Å²) in [5, 5.41) is 0. The Kier molecular flexibility index (Phi) is 4.71. The number of hydrogen-bond acceptors (Lipinski definition) is 3. The van der Waals surface area contributed by atoms with E-state index < -0.39 is 10.0 Å². The fraction of sp³-hybridized carbons (Fsp3) is 0.316. The maximum absolute atomic E-state index is 12.8. The van der Waals surface area contributed by atoms with E-state index in [9.17, 15) is 13.2 Å². The van der Waals surface area contributed by atoms with Gasteiger partial charge in [-0.2, -0.15) is 0 Å². The topological polar surface area (TPSA) is 54.5 Å². The van der Waals surface area contributed by atoms with Gasteiger partial charge in [0, 0.05) is 12.1 Å². The smallest absolute Gasteiger partial charge is 0.235 e. The summed E-state index contributed by atoms with van der Waals surface area (Å²) in [6.07, 6.45) is 2.08. The summed E-state index contributed by atoms with van der Waals surface area (Å²) in [5.74, 6) is 0.0899. The largest absolute Gasteiger partial charge is 0.295 e.